The first-order valence-corrected chi connectivity index (χ1v) is 8.84. The number of hydrogen-bond donors (Lipinski definition) is 0. The first-order chi connectivity index (χ1) is 11.7. The van der Waals surface area contributed by atoms with E-state index >= 15 is 0 Å². The molecule has 5 nitrogen and oxygen atoms in total. The Morgan fingerprint density at radius 3 is 2.88 bits per heavy atom. The van der Waals surface area contributed by atoms with Gasteiger partial charge >= 0.3 is 0 Å². The molecule has 1 saturated heterocycles. The molecule has 0 saturated carbocycles. The topological polar surface area (TPSA) is 59.2 Å². The van der Waals surface area contributed by atoms with Crippen LogP contribution >= 0.6 is 22.9 Å². The summed E-state index contributed by atoms with van der Waals surface area (Å²) in [6.45, 7) is 1.16. The molecule has 4 rings (SSSR count). The SMILES string of the molecule is O=C1CC(c2nc(-c3cccs3)no2)CN1Cc1ccc(Cl)cc1. The summed E-state index contributed by atoms with van der Waals surface area (Å²) < 4.78 is 5.38. The van der Waals surface area contributed by atoms with Gasteiger partial charge in [0, 0.05) is 24.5 Å². The van der Waals surface area contributed by atoms with Gasteiger partial charge in [0.25, 0.3) is 0 Å². The number of benzene rings is 1. The van der Waals surface area contributed by atoms with Gasteiger partial charge in [0.1, 0.15) is 0 Å². The summed E-state index contributed by atoms with van der Waals surface area (Å²) in [5.74, 6) is 1.17. The molecule has 0 aliphatic carbocycles. The van der Waals surface area contributed by atoms with E-state index < -0.39 is 0 Å². The second-order valence-corrected chi connectivity index (χ2v) is 7.12. The van der Waals surface area contributed by atoms with E-state index in [4.69, 9.17) is 16.1 Å². The normalized spacial score (nSPS) is 17.6. The van der Waals surface area contributed by atoms with Crippen LogP contribution in [-0.4, -0.2) is 27.5 Å². The maximum absolute atomic E-state index is 12.3. The van der Waals surface area contributed by atoms with Crippen molar-refractivity contribution in [3.8, 4) is 10.7 Å². The van der Waals surface area contributed by atoms with Crippen molar-refractivity contribution < 1.29 is 9.32 Å². The largest absolute Gasteiger partial charge is 0.339 e. The predicted octanol–water partition coefficient (Wildman–Crippen LogP) is 3.97. The molecule has 7 heteroatoms. The lowest BCUT2D eigenvalue weighted by atomic mass is 10.1. The molecule has 1 aliphatic heterocycles. The zero-order valence-corrected chi connectivity index (χ0v) is 14.3. The summed E-state index contributed by atoms with van der Waals surface area (Å²) in [4.78, 5) is 19.5. The molecule has 0 radical (unpaired) electrons. The van der Waals surface area contributed by atoms with Crippen LogP contribution in [0, 0.1) is 0 Å². The zero-order valence-electron chi connectivity index (χ0n) is 12.7. The highest BCUT2D eigenvalue weighted by atomic mass is 35.5. The molecule has 1 unspecified atom stereocenters. The fourth-order valence-electron chi connectivity index (χ4n) is 2.81. The minimum absolute atomic E-state index is 0.0500. The van der Waals surface area contributed by atoms with Gasteiger partial charge < -0.3 is 9.42 Å². The van der Waals surface area contributed by atoms with Gasteiger partial charge in [0.15, 0.2) is 0 Å². The molecule has 0 spiro atoms. The van der Waals surface area contributed by atoms with Crippen LogP contribution in [0.2, 0.25) is 5.02 Å². The number of aromatic nitrogens is 2. The predicted molar refractivity (Wildman–Crippen MR) is 91.8 cm³/mol. The Morgan fingerprint density at radius 2 is 2.12 bits per heavy atom. The van der Waals surface area contributed by atoms with Crippen LogP contribution in [0.3, 0.4) is 0 Å². The lowest BCUT2D eigenvalue weighted by Crippen LogP contribution is -2.24. The Labute approximate surface area is 147 Å². The number of carbonyl (C=O) groups excluding carboxylic acids is 1. The molecule has 1 fully saturated rings. The Hall–Kier alpha value is -2.18. The summed E-state index contributed by atoms with van der Waals surface area (Å²) in [5.41, 5.74) is 1.05. The number of rotatable bonds is 4. The van der Waals surface area contributed by atoms with E-state index in [0.717, 1.165) is 10.4 Å². The molecule has 122 valence electrons. The minimum atomic E-state index is -0.0500. The molecular weight excluding hydrogens is 346 g/mol. The third kappa shape index (κ3) is 3.07. The fraction of sp³-hybridized carbons (Fsp3) is 0.235. The van der Waals surface area contributed by atoms with Gasteiger partial charge in [-0.15, -0.1) is 11.3 Å². The molecule has 24 heavy (non-hydrogen) atoms. The third-order valence-corrected chi connectivity index (χ3v) is 5.15. The van der Waals surface area contributed by atoms with E-state index in [9.17, 15) is 4.79 Å². The molecule has 1 atom stereocenters. The Kier molecular flexibility index (Phi) is 4.08. The van der Waals surface area contributed by atoms with Crippen LogP contribution in [0.25, 0.3) is 10.7 Å². The average molecular weight is 360 g/mol. The van der Waals surface area contributed by atoms with Gasteiger partial charge in [0.05, 0.1) is 10.8 Å². The number of carbonyl (C=O) groups is 1. The molecule has 3 heterocycles. The van der Waals surface area contributed by atoms with Crippen molar-refractivity contribution in [1.29, 1.82) is 0 Å². The van der Waals surface area contributed by atoms with Gasteiger partial charge in [-0.25, -0.2) is 0 Å². The highest BCUT2D eigenvalue weighted by Gasteiger charge is 2.34. The van der Waals surface area contributed by atoms with E-state index in [2.05, 4.69) is 10.1 Å². The van der Waals surface area contributed by atoms with E-state index in [0.29, 0.717) is 36.2 Å². The van der Waals surface area contributed by atoms with Crippen molar-refractivity contribution in [2.24, 2.45) is 0 Å². The summed E-state index contributed by atoms with van der Waals surface area (Å²) in [7, 11) is 0. The number of nitrogens with zero attached hydrogens (tertiary/aromatic N) is 3. The quantitative estimate of drug-likeness (QED) is 0.707. The number of halogens is 1. The van der Waals surface area contributed by atoms with Gasteiger partial charge in [-0.1, -0.05) is 35.0 Å². The average Bonchev–Trinajstić information content (AvgIpc) is 3.30. The van der Waals surface area contributed by atoms with Gasteiger partial charge in [-0.3, -0.25) is 4.79 Å². The Bertz CT molecular complexity index is 845. The van der Waals surface area contributed by atoms with Crippen LogP contribution in [0.1, 0.15) is 23.8 Å². The lowest BCUT2D eigenvalue weighted by Gasteiger charge is -2.16. The van der Waals surface area contributed by atoms with Crippen LogP contribution in [0.15, 0.2) is 46.3 Å². The lowest BCUT2D eigenvalue weighted by molar-refractivity contribution is -0.128. The molecule has 1 aromatic carbocycles. The van der Waals surface area contributed by atoms with Crippen LogP contribution in [0.4, 0.5) is 0 Å². The maximum Gasteiger partial charge on any atom is 0.232 e. The van der Waals surface area contributed by atoms with E-state index in [1.165, 1.54) is 0 Å². The highest BCUT2D eigenvalue weighted by molar-refractivity contribution is 7.13. The van der Waals surface area contributed by atoms with Crippen molar-refractivity contribution in [1.82, 2.24) is 15.0 Å². The summed E-state index contributed by atoms with van der Waals surface area (Å²) in [6.07, 6.45) is 0.402. The van der Waals surface area contributed by atoms with Crippen molar-refractivity contribution in [3.63, 3.8) is 0 Å². The number of hydrogen-bond acceptors (Lipinski definition) is 5. The summed E-state index contributed by atoms with van der Waals surface area (Å²) in [6, 6.07) is 11.4. The van der Waals surface area contributed by atoms with Gasteiger partial charge in [-0.2, -0.15) is 4.98 Å². The second kappa shape index (κ2) is 6.37. The molecule has 0 N–H and O–H groups in total. The molecule has 3 aromatic rings. The van der Waals surface area contributed by atoms with Gasteiger partial charge in [0.2, 0.25) is 17.6 Å². The van der Waals surface area contributed by atoms with E-state index in [1.54, 1.807) is 11.3 Å². The highest BCUT2D eigenvalue weighted by Crippen LogP contribution is 2.30. The standard InChI is InChI=1S/C17H14ClN3O2S/c18-13-5-3-11(4-6-13)9-21-10-12(8-15(21)22)17-19-16(20-23-17)14-2-1-7-24-14/h1-7,12H,8-10H2. The maximum atomic E-state index is 12.3. The van der Waals surface area contributed by atoms with Crippen LogP contribution < -0.4 is 0 Å². The number of amides is 1. The van der Waals surface area contributed by atoms with E-state index in [1.807, 2.05) is 46.7 Å². The number of thiophene rings is 1. The van der Waals surface area contributed by atoms with Crippen molar-refractivity contribution in [2.75, 3.05) is 6.54 Å². The van der Waals surface area contributed by atoms with Crippen molar-refractivity contribution in [2.45, 2.75) is 18.9 Å². The molecule has 1 amide bonds. The van der Waals surface area contributed by atoms with E-state index in [-0.39, 0.29) is 11.8 Å². The molecule has 1 aliphatic rings. The van der Waals surface area contributed by atoms with Crippen LogP contribution in [-0.2, 0) is 11.3 Å². The fourth-order valence-corrected chi connectivity index (χ4v) is 3.58. The van der Waals surface area contributed by atoms with Crippen molar-refractivity contribution in [3.05, 3.63) is 58.3 Å². The third-order valence-electron chi connectivity index (χ3n) is 4.03. The Morgan fingerprint density at radius 1 is 1.29 bits per heavy atom. The molecule has 0 bridgehead atoms. The minimum Gasteiger partial charge on any atom is -0.339 e. The van der Waals surface area contributed by atoms with Gasteiger partial charge in [-0.05, 0) is 29.1 Å². The van der Waals surface area contributed by atoms with Crippen LogP contribution in [0.5, 0.6) is 0 Å². The second-order valence-electron chi connectivity index (χ2n) is 5.74. The summed E-state index contributed by atoms with van der Waals surface area (Å²) in [5, 5.41) is 6.69. The molecule has 2 aromatic heterocycles. The first-order valence-electron chi connectivity index (χ1n) is 7.59. The van der Waals surface area contributed by atoms with Crippen molar-refractivity contribution >= 4 is 28.8 Å². The zero-order chi connectivity index (χ0) is 16.5. The first kappa shape index (κ1) is 15.4. The monoisotopic (exact) mass is 359 g/mol. The smallest absolute Gasteiger partial charge is 0.232 e. The summed E-state index contributed by atoms with van der Waals surface area (Å²) >= 11 is 7.46. The molecular formula is C17H14ClN3O2S. The Balaban J connectivity index is 1.47. The number of likely N-dealkylation sites (tertiary alicyclic amines) is 1.